The Morgan fingerprint density at radius 3 is 2.89 bits per heavy atom. The normalized spacial score (nSPS) is 8.56. The number of H-pyrrole nitrogens is 1. The number of hydrogen-bond acceptors (Lipinski definition) is 2. The molecule has 1 aromatic rings. The second-order valence-electron chi connectivity index (χ2n) is 1.62. The molecule has 1 aromatic heterocycles. The zero-order chi connectivity index (χ0) is 5.82. The van der Waals surface area contributed by atoms with E-state index in [2.05, 4.69) is 10.2 Å². The maximum absolute atomic E-state index is 5.27. The van der Waals surface area contributed by atoms with Gasteiger partial charge in [-0.1, -0.05) is 0 Å². The summed E-state index contributed by atoms with van der Waals surface area (Å²) in [6.45, 7) is 0.683. The van der Waals surface area contributed by atoms with Crippen molar-refractivity contribution in [2.45, 2.75) is 6.42 Å². The van der Waals surface area contributed by atoms with E-state index in [0.717, 1.165) is 12.1 Å². The van der Waals surface area contributed by atoms with Crippen LogP contribution in [0, 0.1) is 0 Å². The van der Waals surface area contributed by atoms with E-state index >= 15 is 0 Å². The van der Waals surface area contributed by atoms with Crippen LogP contribution in [0.5, 0.6) is 0 Å². The summed E-state index contributed by atoms with van der Waals surface area (Å²) in [5.74, 6) is 0. The van der Waals surface area contributed by atoms with Crippen molar-refractivity contribution in [2.24, 2.45) is 5.73 Å². The highest BCUT2D eigenvalue weighted by atomic mass is 35.5. The third-order valence-corrected chi connectivity index (χ3v) is 0.972. The molecule has 0 fully saturated rings. The molecule has 3 N–H and O–H groups in total. The maximum Gasteiger partial charge on any atom is 0.0490 e. The number of nitrogens with two attached hydrogens (primary N) is 1. The van der Waals surface area contributed by atoms with Gasteiger partial charge in [0.1, 0.15) is 0 Å². The smallest absolute Gasteiger partial charge is 0.0490 e. The van der Waals surface area contributed by atoms with Crippen LogP contribution in [0.25, 0.3) is 0 Å². The van der Waals surface area contributed by atoms with E-state index in [-0.39, 0.29) is 12.4 Å². The maximum atomic E-state index is 5.27. The lowest BCUT2D eigenvalue weighted by Crippen LogP contribution is -3.00. The van der Waals surface area contributed by atoms with Crippen LogP contribution in [-0.4, -0.2) is 16.7 Å². The van der Waals surface area contributed by atoms with E-state index in [0.29, 0.717) is 6.54 Å². The first-order chi connectivity index (χ1) is 3.93. The van der Waals surface area contributed by atoms with Crippen LogP contribution in [0.15, 0.2) is 12.3 Å². The number of nitrogens with zero attached hydrogens (tertiary/aromatic N) is 1. The van der Waals surface area contributed by atoms with E-state index in [9.17, 15) is 0 Å². The number of aromatic amines is 1. The topological polar surface area (TPSA) is 54.7 Å². The summed E-state index contributed by atoms with van der Waals surface area (Å²) in [4.78, 5) is 0. The second kappa shape index (κ2) is 4.35. The largest absolute Gasteiger partial charge is 1.00 e. The molecule has 0 aromatic carbocycles. The SMILES string of the molecule is NCCc1ccn[nH]1.[Cl-]. The summed E-state index contributed by atoms with van der Waals surface area (Å²) in [6.07, 6.45) is 2.62. The fourth-order valence-corrected chi connectivity index (χ4v) is 0.579. The van der Waals surface area contributed by atoms with Crippen LogP contribution >= 0.6 is 0 Å². The van der Waals surface area contributed by atoms with Crippen LogP contribution in [-0.2, 0) is 6.42 Å². The molecular weight excluding hydrogens is 138 g/mol. The Hall–Kier alpha value is -0.540. The molecule has 0 bridgehead atoms. The Morgan fingerprint density at radius 1 is 1.67 bits per heavy atom. The molecule has 0 aliphatic rings. The zero-order valence-corrected chi connectivity index (χ0v) is 5.73. The fraction of sp³-hybridized carbons (Fsp3) is 0.400. The molecule has 1 heterocycles. The van der Waals surface area contributed by atoms with E-state index in [1.165, 1.54) is 0 Å². The van der Waals surface area contributed by atoms with Crippen molar-refractivity contribution in [1.29, 1.82) is 0 Å². The van der Waals surface area contributed by atoms with Crippen molar-refractivity contribution in [2.75, 3.05) is 6.54 Å². The highest BCUT2D eigenvalue weighted by Crippen LogP contribution is 1.88. The Kier molecular flexibility index (Phi) is 4.09. The molecule has 0 atom stereocenters. The van der Waals surface area contributed by atoms with Gasteiger partial charge < -0.3 is 18.1 Å². The number of hydrogen-bond donors (Lipinski definition) is 2. The van der Waals surface area contributed by atoms with E-state index < -0.39 is 0 Å². The third kappa shape index (κ3) is 2.49. The van der Waals surface area contributed by atoms with Gasteiger partial charge in [0.05, 0.1) is 0 Å². The molecule has 4 heteroatoms. The number of nitrogens with one attached hydrogen (secondary N) is 1. The summed E-state index contributed by atoms with van der Waals surface area (Å²) >= 11 is 0. The first kappa shape index (κ1) is 8.46. The Labute approximate surface area is 60.1 Å². The average molecular weight is 147 g/mol. The molecule has 3 nitrogen and oxygen atoms in total. The van der Waals surface area contributed by atoms with Crippen molar-refractivity contribution < 1.29 is 12.4 Å². The quantitative estimate of drug-likeness (QED) is 0.465. The molecule has 0 amide bonds. The third-order valence-electron chi connectivity index (χ3n) is 0.972. The van der Waals surface area contributed by atoms with Crippen LogP contribution in [0.3, 0.4) is 0 Å². The molecule has 0 aliphatic heterocycles. The number of aromatic nitrogens is 2. The lowest BCUT2D eigenvalue weighted by atomic mass is 10.3. The van der Waals surface area contributed by atoms with Gasteiger partial charge in [-0.15, -0.1) is 0 Å². The lowest BCUT2D eigenvalue weighted by Gasteiger charge is -1.86. The van der Waals surface area contributed by atoms with Gasteiger partial charge in [-0.3, -0.25) is 5.10 Å². The van der Waals surface area contributed by atoms with Crippen molar-refractivity contribution in [1.82, 2.24) is 10.2 Å². The molecule has 1 rings (SSSR count). The standard InChI is InChI=1S/C5H9N3.ClH/c6-3-1-5-2-4-7-8-5;/h2,4H,1,3,6H2,(H,7,8);1H/p-1. The fourth-order valence-electron chi connectivity index (χ4n) is 0.579. The first-order valence-corrected chi connectivity index (χ1v) is 2.62. The molecule has 0 saturated heterocycles. The Morgan fingerprint density at radius 2 is 2.44 bits per heavy atom. The molecule has 0 radical (unpaired) electrons. The average Bonchev–Trinajstić information content (AvgIpc) is 2.19. The molecule has 0 aliphatic carbocycles. The summed E-state index contributed by atoms with van der Waals surface area (Å²) in [6, 6.07) is 1.92. The van der Waals surface area contributed by atoms with E-state index in [1.54, 1.807) is 6.20 Å². The van der Waals surface area contributed by atoms with E-state index in [4.69, 9.17) is 5.73 Å². The molecule has 0 spiro atoms. The predicted octanol–water partition coefficient (Wildman–Crippen LogP) is -3.09. The van der Waals surface area contributed by atoms with Crippen molar-refractivity contribution >= 4 is 0 Å². The van der Waals surface area contributed by atoms with Gasteiger partial charge in [-0.25, -0.2) is 0 Å². The Balaban J connectivity index is 0.000000640. The van der Waals surface area contributed by atoms with Gasteiger partial charge in [0.25, 0.3) is 0 Å². The molecule has 52 valence electrons. The molecule has 0 unspecified atom stereocenters. The van der Waals surface area contributed by atoms with Gasteiger partial charge in [-0.2, -0.15) is 5.10 Å². The summed E-state index contributed by atoms with van der Waals surface area (Å²) in [5, 5.41) is 6.57. The lowest BCUT2D eigenvalue weighted by molar-refractivity contribution is -0.00000191. The first-order valence-electron chi connectivity index (χ1n) is 2.62. The second-order valence-corrected chi connectivity index (χ2v) is 1.62. The molecular formula is C5H9ClN3-. The summed E-state index contributed by atoms with van der Waals surface area (Å²) < 4.78 is 0. The van der Waals surface area contributed by atoms with Gasteiger partial charge in [0, 0.05) is 18.3 Å². The van der Waals surface area contributed by atoms with Crippen molar-refractivity contribution in [3.05, 3.63) is 18.0 Å². The van der Waals surface area contributed by atoms with E-state index in [1.807, 2.05) is 6.07 Å². The number of rotatable bonds is 2. The number of halogens is 1. The minimum absolute atomic E-state index is 0. The van der Waals surface area contributed by atoms with Gasteiger partial charge in [0.15, 0.2) is 0 Å². The summed E-state index contributed by atoms with van der Waals surface area (Å²) in [7, 11) is 0. The monoisotopic (exact) mass is 146 g/mol. The van der Waals surface area contributed by atoms with Crippen LogP contribution < -0.4 is 18.1 Å². The van der Waals surface area contributed by atoms with Gasteiger partial charge in [-0.05, 0) is 12.6 Å². The van der Waals surface area contributed by atoms with Gasteiger partial charge >= 0.3 is 0 Å². The van der Waals surface area contributed by atoms with Gasteiger partial charge in [0.2, 0.25) is 0 Å². The highest BCUT2D eigenvalue weighted by molar-refractivity contribution is 4.97. The summed E-state index contributed by atoms with van der Waals surface area (Å²) in [5.41, 5.74) is 6.38. The molecule has 9 heavy (non-hydrogen) atoms. The predicted molar refractivity (Wildman–Crippen MR) is 31.3 cm³/mol. The minimum atomic E-state index is 0. The van der Waals surface area contributed by atoms with Crippen LogP contribution in [0.1, 0.15) is 5.69 Å². The molecule has 0 saturated carbocycles. The zero-order valence-electron chi connectivity index (χ0n) is 4.97. The highest BCUT2D eigenvalue weighted by Gasteiger charge is 1.87. The van der Waals surface area contributed by atoms with Crippen LogP contribution in [0.4, 0.5) is 0 Å². The van der Waals surface area contributed by atoms with Crippen molar-refractivity contribution in [3.8, 4) is 0 Å². The minimum Gasteiger partial charge on any atom is -1.00 e. The van der Waals surface area contributed by atoms with Crippen molar-refractivity contribution in [3.63, 3.8) is 0 Å². The Bertz CT molecular complexity index is 138. The van der Waals surface area contributed by atoms with Crippen LogP contribution in [0.2, 0.25) is 0 Å².